The van der Waals surface area contributed by atoms with Gasteiger partial charge in [-0.05, 0) is 93.6 Å². The molecule has 0 saturated heterocycles. The maximum Gasteiger partial charge on any atom is 0.261 e. The van der Waals surface area contributed by atoms with Gasteiger partial charge in [0.1, 0.15) is 0 Å². The van der Waals surface area contributed by atoms with Crippen molar-refractivity contribution in [2.45, 2.75) is 188 Å². The Hall–Kier alpha value is -0.930. The summed E-state index contributed by atoms with van der Waals surface area (Å²) in [6, 6.07) is 8.49. The first-order valence-corrected chi connectivity index (χ1v) is 25.3. The van der Waals surface area contributed by atoms with E-state index in [-0.39, 0.29) is 5.91 Å². The van der Waals surface area contributed by atoms with E-state index in [1.165, 1.54) is 141 Å². The number of aliphatic hydroxyl groups excluding tert-OH is 1. The number of hydrogen-bond acceptors (Lipinski definition) is 5. The molecule has 2 aliphatic rings. The fourth-order valence-electron chi connectivity index (χ4n) is 8.63. The van der Waals surface area contributed by atoms with E-state index >= 15 is 4.79 Å². The highest BCUT2D eigenvalue weighted by Crippen LogP contribution is 2.51. The summed E-state index contributed by atoms with van der Waals surface area (Å²) in [5.41, 5.74) is 3.48. The first-order valence-electron chi connectivity index (χ1n) is 22.1. The van der Waals surface area contributed by atoms with Crippen LogP contribution in [-0.4, -0.2) is 40.1 Å². The molecular weight excluding hydrogens is 836 g/mol. The van der Waals surface area contributed by atoms with Crippen molar-refractivity contribution in [3.8, 4) is 0 Å². The number of carbonyl (C=O) groups is 1. The molecule has 54 heavy (non-hydrogen) atoms. The second-order valence-electron chi connectivity index (χ2n) is 16.2. The molecule has 3 unspecified atom stereocenters. The molecule has 0 aromatic carbocycles. The summed E-state index contributed by atoms with van der Waals surface area (Å²) >= 11 is 10.8. The molecule has 0 aliphatic carbocycles. The predicted octanol–water partition coefficient (Wildman–Crippen LogP) is 15.6. The largest absolute Gasteiger partial charge is 0.369 e. The van der Waals surface area contributed by atoms with Crippen LogP contribution >= 0.6 is 54.5 Å². The monoisotopic (exact) mass is 906 g/mol. The number of halogens is 2. The predicted molar refractivity (Wildman–Crippen MR) is 243 cm³/mol. The van der Waals surface area contributed by atoms with Crippen LogP contribution in [0.15, 0.2) is 43.0 Å². The molecule has 0 bridgehead atoms. The van der Waals surface area contributed by atoms with Crippen molar-refractivity contribution < 1.29 is 9.90 Å². The number of nitrogens with zero attached hydrogens (tertiary/aromatic N) is 2. The molecule has 0 radical (unpaired) electrons. The van der Waals surface area contributed by atoms with Gasteiger partial charge in [-0.1, -0.05) is 156 Å². The average molecular weight is 909 g/mol. The number of hydrogen-bond donors (Lipinski definition) is 1. The van der Waals surface area contributed by atoms with Crippen molar-refractivity contribution in [1.82, 2.24) is 9.80 Å². The third-order valence-electron chi connectivity index (χ3n) is 11.7. The average Bonchev–Trinajstić information content (AvgIpc) is 3.92. The Morgan fingerprint density at radius 3 is 1.39 bits per heavy atom. The van der Waals surface area contributed by atoms with Gasteiger partial charge in [0.15, 0.2) is 6.23 Å². The Balaban J connectivity index is 1.68. The third kappa shape index (κ3) is 13.6. The Kier molecular flexibility index (Phi) is 21.6. The lowest BCUT2D eigenvalue weighted by molar-refractivity contribution is -0.123. The molecule has 4 rings (SSSR count). The van der Waals surface area contributed by atoms with Crippen molar-refractivity contribution in [2.75, 3.05) is 13.1 Å². The minimum absolute atomic E-state index is 0.0857. The Morgan fingerprint density at radius 1 is 0.574 bits per heavy atom. The van der Waals surface area contributed by atoms with Gasteiger partial charge in [-0.15, -0.1) is 22.7 Å². The normalized spacial score (nSPS) is 17.1. The van der Waals surface area contributed by atoms with E-state index in [1.807, 2.05) is 0 Å². The zero-order chi connectivity index (χ0) is 38.7. The highest BCUT2D eigenvalue weighted by molar-refractivity contribution is 9.11. The summed E-state index contributed by atoms with van der Waals surface area (Å²) < 4.78 is 2.10. The van der Waals surface area contributed by atoms with Crippen LogP contribution in [0.4, 0.5) is 0 Å². The third-order valence-corrected chi connectivity index (χ3v) is 15.0. The van der Waals surface area contributed by atoms with E-state index in [4.69, 9.17) is 0 Å². The molecule has 4 heterocycles. The SMILES string of the molecule is CCCCCCCCC(CCCCCC)CN1C(=O)C2=C(c3ccc(Br)s3)N(CC(CCCCCC)CCCCCCCC)C(O)C2=C1c1ccc(Br)s1. The number of fused-ring (bicyclic) bond motifs is 1. The van der Waals surface area contributed by atoms with Gasteiger partial charge in [0, 0.05) is 18.7 Å². The smallest absolute Gasteiger partial charge is 0.261 e. The van der Waals surface area contributed by atoms with Crippen molar-refractivity contribution >= 4 is 71.8 Å². The van der Waals surface area contributed by atoms with Crippen LogP contribution in [0.3, 0.4) is 0 Å². The maximum atomic E-state index is 15.1. The number of carbonyl (C=O) groups excluding carboxylic acids is 1. The topological polar surface area (TPSA) is 43.8 Å². The number of aliphatic hydroxyl groups is 1. The molecule has 2 aromatic rings. The van der Waals surface area contributed by atoms with Crippen molar-refractivity contribution in [1.29, 1.82) is 0 Å². The van der Waals surface area contributed by atoms with Crippen molar-refractivity contribution in [3.63, 3.8) is 0 Å². The van der Waals surface area contributed by atoms with Gasteiger partial charge in [-0.2, -0.15) is 0 Å². The van der Waals surface area contributed by atoms with Crippen LogP contribution in [0.1, 0.15) is 192 Å². The highest BCUT2D eigenvalue weighted by Gasteiger charge is 2.49. The number of unbranched alkanes of at least 4 members (excludes halogenated alkanes) is 16. The van der Waals surface area contributed by atoms with Gasteiger partial charge in [-0.25, -0.2) is 0 Å². The lowest BCUT2D eigenvalue weighted by atomic mass is 9.93. The Labute approximate surface area is 354 Å². The van der Waals surface area contributed by atoms with Crippen molar-refractivity contribution in [3.05, 3.63) is 52.7 Å². The van der Waals surface area contributed by atoms with E-state index in [9.17, 15) is 5.11 Å². The van der Waals surface area contributed by atoms with Gasteiger partial charge < -0.3 is 14.9 Å². The van der Waals surface area contributed by atoms with Gasteiger partial charge in [0.05, 0.1) is 34.3 Å². The molecule has 8 heteroatoms. The fourth-order valence-corrected chi connectivity index (χ4v) is 11.5. The van der Waals surface area contributed by atoms with E-state index < -0.39 is 6.23 Å². The zero-order valence-corrected chi connectivity index (χ0v) is 39.1. The lowest BCUT2D eigenvalue weighted by Crippen LogP contribution is -2.36. The quantitative estimate of drug-likeness (QED) is 0.0794. The zero-order valence-electron chi connectivity index (χ0n) is 34.2. The van der Waals surface area contributed by atoms with Gasteiger partial charge in [0.2, 0.25) is 0 Å². The Morgan fingerprint density at radius 2 is 0.963 bits per heavy atom. The molecule has 2 aliphatic heterocycles. The van der Waals surface area contributed by atoms with Gasteiger partial charge in [0.25, 0.3) is 5.91 Å². The molecule has 1 amide bonds. The summed E-state index contributed by atoms with van der Waals surface area (Å²) in [7, 11) is 0. The molecule has 2 aromatic heterocycles. The highest BCUT2D eigenvalue weighted by atomic mass is 79.9. The second kappa shape index (κ2) is 25.4. The number of thiophene rings is 2. The number of rotatable bonds is 30. The van der Waals surface area contributed by atoms with Crippen molar-refractivity contribution in [2.24, 2.45) is 11.8 Å². The number of amides is 1. The molecule has 1 N–H and O–H groups in total. The summed E-state index contributed by atoms with van der Waals surface area (Å²) in [5.74, 6) is 1.02. The standard InChI is InChI=1S/C46H72Br2N2O2S2/c1-5-9-13-17-19-23-27-35(25-21-15-11-7-3)33-49-43(37-29-31-39(47)53-37)41-42(45(49)51)44(38-30-32-40(48)54-38)50(46(41)52)34-36(26-22-16-12-8-4)28-24-20-18-14-10-6-2/h29-32,35-36,45,51H,5-28,33-34H2,1-4H3. The maximum absolute atomic E-state index is 15.1. The molecule has 0 saturated carbocycles. The molecule has 4 nitrogen and oxygen atoms in total. The van der Waals surface area contributed by atoms with E-state index in [2.05, 4.69) is 93.6 Å². The first-order chi connectivity index (χ1) is 26.3. The van der Waals surface area contributed by atoms with E-state index in [0.29, 0.717) is 11.8 Å². The molecule has 304 valence electrons. The minimum atomic E-state index is -0.843. The summed E-state index contributed by atoms with van der Waals surface area (Å²) in [4.78, 5) is 21.6. The minimum Gasteiger partial charge on any atom is -0.369 e. The molecule has 0 fully saturated rings. The summed E-state index contributed by atoms with van der Waals surface area (Å²) in [6.07, 6.45) is 29.4. The fraction of sp³-hybridized carbons (Fsp3) is 0.717. The van der Waals surface area contributed by atoms with Gasteiger partial charge >= 0.3 is 0 Å². The van der Waals surface area contributed by atoms with Crippen LogP contribution < -0.4 is 0 Å². The van der Waals surface area contributed by atoms with Crippen LogP contribution in [0.25, 0.3) is 11.4 Å². The second-order valence-corrected chi connectivity index (χ2v) is 21.1. The van der Waals surface area contributed by atoms with Gasteiger partial charge in [-0.3, -0.25) is 4.79 Å². The lowest BCUT2D eigenvalue weighted by Gasteiger charge is -2.33. The van der Waals surface area contributed by atoms with Crippen LogP contribution in [0, 0.1) is 11.8 Å². The van der Waals surface area contributed by atoms with Crippen LogP contribution in [0.2, 0.25) is 0 Å². The molecular formula is C46H72Br2N2O2S2. The van der Waals surface area contributed by atoms with Crippen LogP contribution in [0.5, 0.6) is 0 Å². The first kappa shape index (κ1) is 45.8. The van der Waals surface area contributed by atoms with E-state index in [0.717, 1.165) is 65.8 Å². The summed E-state index contributed by atoms with van der Waals surface area (Å²) in [6.45, 7) is 10.6. The Bertz CT molecular complexity index is 1450. The molecule has 0 spiro atoms. The van der Waals surface area contributed by atoms with Crippen LogP contribution in [-0.2, 0) is 4.79 Å². The summed E-state index contributed by atoms with van der Waals surface area (Å²) in [5, 5.41) is 12.6. The van der Waals surface area contributed by atoms with E-state index in [1.54, 1.807) is 22.7 Å². The molecule has 3 atom stereocenters.